The monoisotopic (exact) mass is 415 g/mol. The third-order valence-electron chi connectivity index (χ3n) is 3.75. The highest BCUT2D eigenvalue weighted by molar-refractivity contribution is 6.29. The van der Waals surface area contributed by atoms with Crippen molar-refractivity contribution in [3.8, 4) is 5.88 Å². The van der Waals surface area contributed by atoms with Crippen molar-refractivity contribution in [2.45, 2.75) is 12.0 Å². The van der Waals surface area contributed by atoms with Gasteiger partial charge in [-0.3, -0.25) is 10.3 Å². The number of hydrogen-bond acceptors (Lipinski definition) is 7. The van der Waals surface area contributed by atoms with E-state index in [-0.39, 0.29) is 29.2 Å². The van der Waals surface area contributed by atoms with Crippen molar-refractivity contribution in [1.82, 2.24) is 9.97 Å². The fourth-order valence-electron chi connectivity index (χ4n) is 2.53. The third-order valence-corrected chi connectivity index (χ3v) is 3.94. The van der Waals surface area contributed by atoms with Gasteiger partial charge in [-0.05, 0) is 18.2 Å². The molecule has 0 aliphatic carbocycles. The number of alkyl halides is 2. The van der Waals surface area contributed by atoms with Gasteiger partial charge in [0.15, 0.2) is 5.54 Å². The first-order valence-corrected chi connectivity index (χ1v) is 8.14. The molecule has 2 heterocycles. The smallest absolute Gasteiger partial charge is 0.389 e. The number of anilines is 1. The molecular weight excluding hydrogens is 403 g/mol. The predicted octanol–water partition coefficient (Wildman–Crippen LogP) is 2.73. The maximum absolute atomic E-state index is 14.3. The number of nitrogens with one attached hydrogen (secondary N) is 1. The second kappa shape index (κ2) is 7.98. The first-order valence-electron chi connectivity index (χ1n) is 7.76. The van der Waals surface area contributed by atoms with E-state index in [2.05, 4.69) is 20.3 Å². The number of benzene rings is 1. The molecule has 148 valence electrons. The summed E-state index contributed by atoms with van der Waals surface area (Å²) in [6.45, 7) is -0.709. The standard InChI is InChI=1S/C16H13ClF3N5O3/c17-11-4-23-13(5-22-11)28-15(26)24-8-1-2-10(18)9(3-8)16(14(19)20)7-27-6-12(21)25-16/h1-5,14H,6-7H2,(H2,21,25)(H,24,26)/t16-/m0/s1. The number of nitrogens with zero attached hydrogens (tertiary/aromatic N) is 3. The van der Waals surface area contributed by atoms with Crippen molar-refractivity contribution in [2.24, 2.45) is 10.7 Å². The van der Waals surface area contributed by atoms with Gasteiger partial charge in [-0.25, -0.2) is 27.9 Å². The number of nitrogens with two attached hydrogens (primary N) is 1. The normalized spacial score (nSPS) is 19.2. The maximum atomic E-state index is 14.3. The van der Waals surface area contributed by atoms with Crippen LogP contribution in [0.15, 0.2) is 35.6 Å². The number of amidine groups is 1. The summed E-state index contributed by atoms with van der Waals surface area (Å²) in [5, 5.41) is 2.38. The SMILES string of the molecule is NC1=N[C@@](c2cc(NC(=O)Oc3cnc(Cl)cn3)ccc2F)(C(F)F)COC1. The molecule has 12 heteroatoms. The highest BCUT2D eigenvalue weighted by Crippen LogP contribution is 2.37. The lowest BCUT2D eigenvalue weighted by Gasteiger charge is -2.33. The summed E-state index contributed by atoms with van der Waals surface area (Å²) in [6, 6.07) is 3.10. The van der Waals surface area contributed by atoms with E-state index in [1.165, 1.54) is 6.07 Å². The Kier molecular flexibility index (Phi) is 5.66. The zero-order valence-corrected chi connectivity index (χ0v) is 14.8. The Morgan fingerprint density at radius 1 is 1.36 bits per heavy atom. The summed E-state index contributed by atoms with van der Waals surface area (Å²) >= 11 is 5.58. The van der Waals surface area contributed by atoms with Gasteiger partial charge in [0.05, 0.1) is 19.0 Å². The molecule has 0 unspecified atom stereocenters. The van der Waals surface area contributed by atoms with Crippen LogP contribution < -0.4 is 15.8 Å². The van der Waals surface area contributed by atoms with Crippen LogP contribution >= 0.6 is 11.6 Å². The van der Waals surface area contributed by atoms with E-state index in [9.17, 15) is 18.0 Å². The third kappa shape index (κ3) is 4.15. The molecule has 0 fully saturated rings. The molecule has 0 radical (unpaired) electrons. The van der Waals surface area contributed by atoms with Crippen molar-refractivity contribution < 1.29 is 27.4 Å². The Hall–Kier alpha value is -2.92. The van der Waals surface area contributed by atoms with Gasteiger partial charge in [0.25, 0.3) is 6.43 Å². The Balaban J connectivity index is 1.85. The quantitative estimate of drug-likeness (QED) is 0.794. The highest BCUT2D eigenvalue weighted by atomic mass is 35.5. The fraction of sp³-hybridized carbons (Fsp3) is 0.250. The Morgan fingerprint density at radius 2 is 2.14 bits per heavy atom. The van der Waals surface area contributed by atoms with Crippen LogP contribution in [0, 0.1) is 5.82 Å². The number of hydrogen-bond donors (Lipinski definition) is 2. The van der Waals surface area contributed by atoms with Crippen molar-refractivity contribution >= 4 is 29.2 Å². The first-order chi connectivity index (χ1) is 13.3. The van der Waals surface area contributed by atoms with E-state index in [0.717, 1.165) is 24.5 Å². The number of aromatic nitrogens is 2. The Morgan fingerprint density at radius 3 is 2.79 bits per heavy atom. The molecule has 3 rings (SSSR count). The molecular formula is C16H13ClF3N5O3. The molecule has 1 aromatic heterocycles. The van der Waals surface area contributed by atoms with Gasteiger partial charge in [0.1, 0.15) is 23.4 Å². The lowest BCUT2D eigenvalue weighted by Crippen LogP contribution is -2.45. The lowest BCUT2D eigenvalue weighted by atomic mass is 9.90. The summed E-state index contributed by atoms with van der Waals surface area (Å²) < 4.78 is 51.8. The minimum absolute atomic E-state index is 0.0114. The van der Waals surface area contributed by atoms with Gasteiger partial charge in [-0.15, -0.1) is 0 Å². The van der Waals surface area contributed by atoms with Crippen LogP contribution in [0.2, 0.25) is 5.15 Å². The van der Waals surface area contributed by atoms with Crippen LogP contribution in [0.25, 0.3) is 0 Å². The molecule has 0 spiro atoms. The first kappa shape index (κ1) is 19.8. The molecule has 0 saturated carbocycles. The van der Waals surface area contributed by atoms with E-state index >= 15 is 0 Å². The zero-order chi connectivity index (χ0) is 20.3. The Labute approximate surface area is 161 Å². The molecule has 3 N–H and O–H groups in total. The molecule has 0 bridgehead atoms. The summed E-state index contributed by atoms with van der Waals surface area (Å²) in [7, 11) is 0. The largest absolute Gasteiger partial charge is 0.418 e. The summed E-state index contributed by atoms with van der Waals surface area (Å²) in [5.74, 6) is -1.29. The summed E-state index contributed by atoms with van der Waals surface area (Å²) in [4.78, 5) is 23.1. The molecule has 28 heavy (non-hydrogen) atoms. The summed E-state index contributed by atoms with van der Waals surface area (Å²) in [6.07, 6.45) is -1.82. The second-order valence-electron chi connectivity index (χ2n) is 5.71. The van der Waals surface area contributed by atoms with Gasteiger partial charge in [-0.2, -0.15) is 0 Å². The van der Waals surface area contributed by atoms with Crippen molar-refractivity contribution in [3.05, 3.63) is 47.1 Å². The molecule has 1 atom stereocenters. The van der Waals surface area contributed by atoms with E-state index < -0.39 is 36.0 Å². The maximum Gasteiger partial charge on any atom is 0.418 e. The molecule has 1 amide bonds. The van der Waals surface area contributed by atoms with Crippen molar-refractivity contribution in [1.29, 1.82) is 0 Å². The van der Waals surface area contributed by atoms with Crippen LogP contribution in [0.3, 0.4) is 0 Å². The number of carbonyl (C=O) groups excluding carboxylic acids is 1. The molecule has 1 aliphatic rings. The highest BCUT2D eigenvalue weighted by Gasteiger charge is 2.46. The van der Waals surface area contributed by atoms with Crippen LogP contribution in [-0.4, -0.2) is 41.5 Å². The lowest BCUT2D eigenvalue weighted by molar-refractivity contribution is -0.0145. The van der Waals surface area contributed by atoms with E-state index in [0.29, 0.717) is 0 Å². The fourth-order valence-corrected chi connectivity index (χ4v) is 2.62. The molecule has 1 aromatic carbocycles. The van der Waals surface area contributed by atoms with E-state index in [4.69, 9.17) is 26.8 Å². The minimum Gasteiger partial charge on any atom is -0.389 e. The molecule has 0 saturated heterocycles. The molecule has 1 aliphatic heterocycles. The minimum atomic E-state index is -3.10. The Bertz CT molecular complexity index is 913. The predicted molar refractivity (Wildman–Crippen MR) is 93.2 cm³/mol. The van der Waals surface area contributed by atoms with Gasteiger partial charge < -0.3 is 15.2 Å². The topological polar surface area (TPSA) is 112 Å². The van der Waals surface area contributed by atoms with Crippen LogP contribution in [-0.2, 0) is 10.3 Å². The zero-order valence-electron chi connectivity index (χ0n) is 14.0. The summed E-state index contributed by atoms with van der Waals surface area (Å²) in [5.41, 5.74) is 2.70. The van der Waals surface area contributed by atoms with Gasteiger partial charge in [-0.1, -0.05) is 11.6 Å². The molecule has 8 nitrogen and oxygen atoms in total. The average Bonchev–Trinajstić information content (AvgIpc) is 2.65. The van der Waals surface area contributed by atoms with E-state index in [1.54, 1.807) is 0 Å². The number of aliphatic imine (C=N–C) groups is 1. The van der Waals surface area contributed by atoms with Crippen LogP contribution in [0.4, 0.5) is 23.7 Å². The van der Waals surface area contributed by atoms with Crippen molar-refractivity contribution in [2.75, 3.05) is 18.5 Å². The number of carbonyl (C=O) groups is 1. The number of ether oxygens (including phenoxy) is 2. The van der Waals surface area contributed by atoms with Gasteiger partial charge >= 0.3 is 6.09 Å². The second-order valence-corrected chi connectivity index (χ2v) is 6.09. The molecule has 2 aromatic rings. The van der Waals surface area contributed by atoms with Gasteiger partial charge in [0.2, 0.25) is 5.88 Å². The van der Waals surface area contributed by atoms with Gasteiger partial charge in [0, 0.05) is 11.3 Å². The number of amides is 1. The van der Waals surface area contributed by atoms with Crippen molar-refractivity contribution in [3.63, 3.8) is 0 Å². The average molecular weight is 416 g/mol. The number of rotatable bonds is 4. The van der Waals surface area contributed by atoms with E-state index in [1.807, 2.05) is 0 Å². The van der Waals surface area contributed by atoms with Crippen LogP contribution in [0.1, 0.15) is 5.56 Å². The van der Waals surface area contributed by atoms with Crippen LogP contribution in [0.5, 0.6) is 5.88 Å². The number of halogens is 4.